The van der Waals surface area contributed by atoms with Crippen LogP contribution in [0.25, 0.3) is 0 Å². The number of rotatable bonds is 5. The molecule has 0 bridgehead atoms. The lowest BCUT2D eigenvalue weighted by atomic mass is 9.51. The molecular formula is C31H46O3. The summed E-state index contributed by atoms with van der Waals surface area (Å²) in [6.45, 7) is 9.48. The average molecular weight is 467 g/mol. The molecule has 6 atom stereocenters. The van der Waals surface area contributed by atoms with Crippen LogP contribution in [0.3, 0.4) is 0 Å². The molecule has 0 amide bonds. The lowest BCUT2D eigenvalue weighted by Crippen LogP contribution is -2.49. The summed E-state index contributed by atoms with van der Waals surface area (Å²) < 4.78 is 6.38. The lowest BCUT2D eigenvalue weighted by molar-refractivity contribution is -0.161. The van der Waals surface area contributed by atoms with Crippen LogP contribution in [0.5, 0.6) is 0 Å². The first kappa shape index (κ1) is 24.3. The predicted octanol–water partition coefficient (Wildman–Crippen LogP) is 7.59. The Balaban J connectivity index is 1.27. The molecule has 0 aromatic heterocycles. The monoisotopic (exact) mass is 466 g/mol. The second-order valence-corrected chi connectivity index (χ2v) is 12.9. The molecule has 5 aliphatic carbocycles. The molecule has 0 aromatic rings. The zero-order chi connectivity index (χ0) is 24.0. The Labute approximate surface area is 207 Å². The minimum Gasteiger partial charge on any atom is -0.461 e. The van der Waals surface area contributed by atoms with E-state index in [1.807, 2.05) is 0 Å². The minimum atomic E-state index is -0.0224. The number of ketones is 1. The topological polar surface area (TPSA) is 43.4 Å². The van der Waals surface area contributed by atoms with Gasteiger partial charge in [0.15, 0.2) is 0 Å². The van der Waals surface area contributed by atoms with E-state index in [-0.39, 0.29) is 23.4 Å². The van der Waals surface area contributed by atoms with E-state index in [2.05, 4.69) is 33.8 Å². The summed E-state index contributed by atoms with van der Waals surface area (Å²) in [5.74, 6) is 3.72. The first-order chi connectivity index (χ1) is 16.3. The Morgan fingerprint density at radius 2 is 1.85 bits per heavy atom. The summed E-state index contributed by atoms with van der Waals surface area (Å²) in [4.78, 5) is 25.4. The van der Waals surface area contributed by atoms with Gasteiger partial charge in [-0.25, -0.2) is 0 Å². The van der Waals surface area contributed by atoms with Gasteiger partial charge < -0.3 is 4.74 Å². The van der Waals surface area contributed by atoms with Crippen LogP contribution in [0.4, 0.5) is 0 Å². The molecule has 188 valence electrons. The standard InChI is InChI=1S/C31H46O3/c1-5-6-7-21-8-10-22(11-9-21)30(33)34-27-15-14-26-29-19(2)16-23-17-24(32)12-13-25(23)28(29)20(3)18-31(26,27)4/h14,19-22,27-29H,5-13,15-18H2,1-4H3/t19-,20+,21?,22?,27+,28?,29?,31+/m1/s1. The van der Waals surface area contributed by atoms with E-state index in [9.17, 15) is 9.59 Å². The van der Waals surface area contributed by atoms with Crippen LogP contribution in [-0.2, 0) is 14.3 Å². The number of Topliss-reactive ketones (excluding diaryl/α,β-unsaturated/α-hetero) is 1. The van der Waals surface area contributed by atoms with Gasteiger partial charge >= 0.3 is 5.97 Å². The molecule has 3 heteroatoms. The van der Waals surface area contributed by atoms with Gasteiger partial charge in [-0.3, -0.25) is 9.59 Å². The van der Waals surface area contributed by atoms with E-state index in [1.165, 1.54) is 37.7 Å². The second-order valence-electron chi connectivity index (χ2n) is 12.9. The van der Waals surface area contributed by atoms with E-state index in [1.54, 1.807) is 11.1 Å². The van der Waals surface area contributed by atoms with Crippen LogP contribution in [0, 0.1) is 40.9 Å². The van der Waals surface area contributed by atoms with Gasteiger partial charge in [0.1, 0.15) is 11.9 Å². The molecule has 3 nitrogen and oxygen atoms in total. The molecule has 2 unspecified atom stereocenters. The Hall–Kier alpha value is -1.38. The molecule has 0 radical (unpaired) electrons. The van der Waals surface area contributed by atoms with Crippen molar-refractivity contribution in [1.82, 2.24) is 0 Å². The number of allylic oxidation sites excluding steroid dienone is 2. The summed E-state index contributed by atoms with van der Waals surface area (Å²) in [6, 6.07) is 0. The van der Waals surface area contributed by atoms with E-state index < -0.39 is 0 Å². The predicted molar refractivity (Wildman–Crippen MR) is 136 cm³/mol. The van der Waals surface area contributed by atoms with Crippen molar-refractivity contribution in [2.75, 3.05) is 0 Å². The molecule has 2 fully saturated rings. The number of fused-ring (bicyclic) bond motifs is 4. The maximum Gasteiger partial charge on any atom is 0.309 e. The fraction of sp³-hybridized carbons (Fsp3) is 0.806. The highest BCUT2D eigenvalue weighted by Gasteiger charge is 2.56. The summed E-state index contributed by atoms with van der Waals surface area (Å²) >= 11 is 0. The van der Waals surface area contributed by atoms with Crippen LogP contribution in [0.1, 0.15) is 111 Å². The Kier molecular flexibility index (Phi) is 6.85. The summed E-state index contributed by atoms with van der Waals surface area (Å²) in [7, 11) is 0. The maximum absolute atomic E-state index is 13.3. The Bertz CT molecular complexity index is 873. The SMILES string of the molecule is CCCCC1CCC(C(=O)O[C@H]2CC=C3C4C(C5=C(CC(=O)CC5)C[C@H]4C)[C@@H](C)C[C@@]32C)CC1. The van der Waals surface area contributed by atoms with Gasteiger partial charge in [-0.05, 0) is 74.5 Å². The van der Waals surface area contributed by atoms with Gasteiger partial charge in [-0.2, -0.15) is 0 Å². The van der Waals surface area contributed by atoms with Gasteiger partial charge in [0, 0.05) is 24.7 Å². The van der Waals surface area contributed by atoms with Crippen LogP contribution in [0.15, 0.2) is 22.8 Å². The quantitative estimate of drug-likeness (QED) is 0.309. The molecule has 0 aromatic carbocycles. The maximum atomic E-state index is 13.3. The van der Waals surface area contributed by atoms with Crippen molar-refractivity contribution < 1.29 is 14.3 Å². The van der Waals surface area contributed by atoms with Gasteiger partial charge in [0.2, 0.25) is 0 Å². The van der Waals surface area contributed by atoms with E-state index >= 15 is 0 Å². The number of carbonyl (C=O) groups excluding carboxylic acids is 2. The van der Waals surface area contributed by atoms with Crippen molar-refractivity contribution in [1.29, 1.82) is 0 Å². The van der Waals surface area contributed by atoms with Crippen molar-refractivity contribution in [3.05, 3.63) is 22.8 Å². The van der Waals surface area contributed by atoms with E-state index in [0.717, 1.165) is 50.9 Å². The molecule has 5 aliphatic rings. The zero-order valence-corrected chi connectivity index (χ0v) is 22.0. The Morgan fingerprint density at radius 3 is 2.59 bits per heavy atom. The number of hydrogen-bond donors (Lipinski definition) is 0. The molecule has 2 saturated carbocycles. The first-order valence-electron chi connectivity index (χ1n) is 14.4. The van der Waals surface area contributed by atoms with Crippen LogP contribution in [-0.4, -0.2) is 17.9 Å². The molecule has 0 aliphatic heterocycles. The van der Waals surface area contributed by atoms with Crippen molar-refractivity contribution in [3.63, 3.8) is 0 Å². The highest BCUT2D eigenvalue weighted by Crippen LogP contribution is 2.62. The summed E-state index contributed by atoms with van der Waals surface area (Å²) in [5.41, 5.74) is 4.65. The third kappa shape index (κ3) is 4.24. The van der Waals surface area contributed by atoms with Gasteiger partial charge in [0.05, 0.1) is 5.92 Å². The number of esters is 1. The molecular weight excluding hydrogens is 420 g/mol. The first-order valence-corrected chi connectivity index (χ1v) is 14.4. The number of ether oxygens (including phenoxy) is 1. The van der Waals surface area contributed by atoms with Crippen molar-refractivity contribution in [2.45, 2.75) is 117 Å². The zero-order valence-electron chi connectivity index (χ0n) is 22.0. The fourth-order valence-electron chi connectivity index (χ4n) is 8.85. The molecule has 0 spiro atoms. The van der Waals surface area contributed by atoms with Gasteiger partial charge in [-0.1, -0.05) is 69.8 Å². The Morgan fingerprint density at radius 1 is 1.09 bits per heavy atom. The lowest BCUT2D eigenvalue weighted by Gasteiger charge is -2.54. The van der Waals surface area contributed by atoms with Crippen molar-refractivity contribution >= 4 is 11.8 Å². The van der Waals surface area contributed by atoms with E-state index in [0.29, 0.717) is 35.9 Å². The second kappa shape index (κ2) is 9.58. The summed E-state index contributed by atoms with van der Waals surface area (Å²) in [6.07, 6.45) is 16.3. The van der Waals surface area contributed by atoms with Gasteiger partial charge in [0.25, 0.3) is 0 Å². The molecule has 34 heavy (non-hydrogen) atoms. The normalized spacial score (nSPS) is 41.9. The molecule has 0 heterocycles. The number of unbranched alkanes of at least 4 members (excludes halogenated alkanes) is 1. The third-order valence-electron chi connectivity index (χ3n) is 10.6. The third-order valence-corrected chi connectivity index (χ3v) is 10.6. The molecule has 0 saturated heterocycles. The summed E-state index contributed by atoms with van der Waals surface area (Å²) in [5, 5.41) is 0. The number of hydrogen-bond acceptors (Lipinski definition) is 3. The fourth-order valence-corrected chi connectivity index (χ4v) is 8.85. The highest BCUT2D eigenvalue weighted by molar-refractivity contribution is 5.83. The highest BCUT2D eigenvalue weighted by atomic mass is 16.5. The number of carbonyl (C=O) groups is 2. The van der Waals surface area contributed by atoms with Crippen LogP contribution >= 0.6 is 0 Å². The van der Waals surface area contributed by atoms with Crippen molar-refractivity contribution in [3.8, 4) is 0 Å². The van der Waals surface area contributed by atoms with Crippen LogP contribution in [0.2, 0.25) is 0 Å². The largest absolute Gasteiger partial charge is 0.461 e. The van der Waals surface area contributed by atoms with E-state index in [4.69, 9.17) is 4.74 Å². The minimum absolute atomic E-state index is 0.00623. The smallest absolute Gasteiger partial charge is 0.309 e. The average Bonchev–Trinajstić information content (AvgIpc) is 3.12. The van der Waals surface area contributed by atoms with Crippen molar-refractivity contribution in [2.24, 2.45) is 40.9 Å². The van der Waals surface area contributed by atoms with Gasteiger partial charge in [-0.15, -0.1) is 0 Å². The molecule has 5 rings (SSSR count). The van der Waals surface area contributed by atoms with Crippen LogP contribution < -0.4 is 0 Å². The molecule has 0 N–H and O–H groups in total.